The van der Waals surface area contributed by atoms with Gasteiger partial charge in [-0.15, -0.1) is 0 Å². The molecule has 0 unspecified atom stereocenters. The van der Waals surface area contributed by atoms with Crippen molar-refractivity contribution >= 4 is 38.9 Å². The van der Waals surface area contributed by atoms with Crippen molar-refractivity contribution in [2.45, 2.75) is 43.9 Å². The molecule has 5 N–H and O–H groups in total. The largest absolute Gasteiger partial charge is 0.488 e. The van der Waals surface area contributed by atoms with E-state index in [9.17, 15) is 27.5 Å². The van der Waals surface area contributed by atoms with Crippen LogP contribution in [0.15, 0.2) is 95.9 Å². The van der Waals surface area contributed by atoms with E-state index in [0.29, 0.717) is 47.9 Å². The van der Waals surface area contributed by atoms with E-state index in [2.05, 4.69) is 14.9 Å². The van der Waals surface area contributed by atoms with E-state index in [1.165, 1.54) is 12.1 Å². The minimum atomic E-state index is -4.03. The van der Waals surface area contributed by atoms with Crippen LogP contribution < -0.4 is 20.5 Å². The van der Waals surface area contributed by atoms with Crippen molar-refractivity contribution < 1.29 is 32.2 Å². The molecule has 13 heteroatoms. The van der Waals surface area contributed by atoms with Crippen LogP contribution in [0.25, 0.3) is 0 Å². The summed E-state index contributed by atoms with van der Waals surface area (Å²) >= 11 is 0. The molecular weight excluding hydrogens is 662 g/mol. The number of hydrogen-bond donors (Lipinski definition) is 4. The Labute approximate surface area is 291 Å². The zero-order valence-corrected chi connectivity index (χ0v) is 29.0. The van der Waals surface area contributed by atoms with E-state index in [0.717, 1.165) is 17.7 Å². The quantitative estimate of drug-likeness (QED) is 0.164. The lowest BCUT2D eigenvalue weighted by atomic mass is 10.0. The standard InChI is InChI=1S/C37H42FN5O6S/c1-24-20-43(25(2)23-44)36(45)19-28-18-30(41-50(47,48)31-15-12-29(38)13-16-31)14-17-34(28)49-35(24)22-42(3)21-26-8-10-27(11-9-26)37(46)40-33-7-5-4-6-32(33)39/h4-18,24-25,35,41,44H,19-23,39H2,1-3H3,(H,40,46)/t24-,25+,35-/m1/s1. The number of para-hydroxylation sites is 2. The maximum atomic E-state index is 13.6. The Morgan fingerprint density at radius 2 is 1.78 bits per heavy atom. The number of rotatable bonds is 11. The van der Waals surface area contributed by atoms with Gasteiger partial charge in [0.05, 0.1) is 35.3 Å². The molecule has 0 aliphatic carbocycles. The van der Waals surface area contributed by atoms with Gasteiger partial charge in [-0.25, -0.2) is 12.8 Å². The Hall–Kier alpha value is -4.98. The average Bonchev–Trinajstić information content (AvgIpc) is 3.12. The van der Waals surface area contributed by atoms with Gasteiger partial charge >= 0.3 is 0 Å². The van der Waals surface area contributed by atoms with E-state index in [1.807, 2.05) is 26.1 Å². The van der Waals surface area contributed by atoms with Crippen LogP contribution in [0.4, 0.5) is 21.5 Å². The number of carbonyl (C=O) groups excluding carboxylic acids is 2. The summed E-state index contributed by atoms with van der Waals surface area (Å²) in [6.07, 6.45) is -0.459. The van der Waals surface area contributed by atoms with Gasteiger partial charge < -0.3 is 25.8 Å². The summed E-state index contributed by atoms with van der Waals surface area (Å²) < 4.78 is 48.5. The number of nitrogens with one attached hydrogen (secondary N) is 2. The molecule has 0 aromatic heterocycles. The van der Waals surface area contributed by atoms with Crippen molar-refractivity contribution in [3.8, 4) is 5.75 Å². The number of benzene rings is 4. The molecule has 0 spiro atoms. The fourth-order valence-corrected chi connectivity index (χ4v) is 6.84. The Morgan fingerprint density at radius 1 is 1.08 bits per heavy atom. The first kappa shape index (κ1) is 36.3. The molecule has 1 heterocycles. The van der Waals surface area contributed by atoms with Crippen LogP contribution in [0, 0.1) is 11.7 Å². The van der Waals surface area contributed by atoms with E-state index < -0.39 is 21.9 Å². The number of ether oxygens (including phenoxy) is 1. The lowest BCUT2D eigenvalue weighted by Gasteiger charge is -2.34. The number of aliphatic hydroxyl groups excluding tert-OH is 1. The summed E-state index contributed by atoms with van der Waals surface area (Å²) in [7, 11) is -2.08. The van der Waals surface area contributed by atoms with Crippen molar-refractivity contribution in [1.82, 2.24) is 9.80 Å². The van der Waals surface area contributed by atoms with Crippen LogP contribution in [0.2, 0.25) is 0 Å². The second-order valence-electron chi connectivity index (χ2n) is 12.7. The molecule has 50 heavy (non-hydrogen) atoms. The molecule has 0 saturated heterocycles. The number of hydrogen-bond acceptors (Lipinski definition) is 8. The van der Waals surface area contributed by atoms with Crippen LogP contribution >= 0.6 is 0 Å². The second-order valence-corrected chi connectivity index (χ2v) is 14.4. The Bertz CT molecular complexity index is 1920. The lowest BCUT2D eigenvalue weighted by Crippen LogP contribution is -2.47. The number of anilines is 3. The molecule has 264 valence electrons. The maximum absolute atomic E-state index is 13.6. The highest BCUT2D eigenvalue weighted by Gasteiger charge is 2.31. The summed E-state index contributed by atoms with van der Waals surface area (Å²) in [5.74, 6) is -0.747. The number of nitrogens with zero attached hydrogens (tertiary/aromatic N) is 2. The molecular formula is C37H42FN5O6S. The van der Waals surface area contributed by atoms with Gasteiger partial charge in [-0.3, -0.25) is 19.2 Å². The molecule has 3 atom stereocenters. The second kappa shape index (κ2) is 15.7. The summed E-state index contributed by atoms with van der Waals surface area (Å²) in [6.45, 7) is 4.91. The molecule has 0 bridgehead atoms. The predicted octanol–water partition coefficient (Wildman–Crippen LogP) is 4.74. The van der Waals surface area contributed by atoms with Gasteiger partial charge in [0, 0.05) is 42.4 Å². The lowest BCUT2D eigenvalue weighted by molar-refractivity contribution is -0.134. The monoisotopic (exact) mass is 703 g/mol. The topological polar surface area (TPSA) is 154 Å². The maximum Gasteiger partial charge on any atom is 0.261 e. The van der Waals surface area contributed by atoms with Crippen LogP contribution in [-0.4, -0.2) is 74.0 Å². The van der Waals surface area contributed by atoms with Crippen molar-refractivity contribution in [3.05, 3.63) is 114 Å². The van der Waals surface area contributed by atoms with Crippen LogP contribution in [-0.2, 0) is 27.8 Å². The first-order valence-corrected chi connectivity index (χ1v) is 17.7. The first-order chi connectivity index (χ1) is 23.8. The fraction of sp³-hybridized carbons (Fsp3) is 0.297. The van der Waals surface area contributed by atoms with Crippen molar-refractivity contribution in [1.29, 1.82) is 0 Å². The van der Waals surface area contributed by atoms with Gasteiger partial charge in [0.25, 0.3) is 15.9 Å². The zero-order chi connectivity index (χ0) is 36.0. The minimum Gasteiger partial charge on any atom is -0.488 e. The molecule has 0 fully saturated rings. The highest BCUT2D eigenvalue weighted by Crippen LogP contribution is 2.30. The van der Waals surface area contributed by atoms with Crippen molar-refractivity contribution in [3.63, 3.8) is 0 Å². The number of amides is 2. The molecule has 2 amide bonds. The third-order valence-electron chi connectivity index (χ3n) is 8.66. The van der Waals surface area contributed by atoms with Gasteiger partial charge in [0.1, 0.15) is 17.7 Å². The van der Waals surface area contributed by atoms with E-state index in [-0.39, 0.29) is 47.4 Å². The van der Waals surface area contributed by atoms with E-state index in [4.69, 9.17) is 10.5 Å². The van der Waals surface area contributed by atoms with Crippen LogP contribution in [0.1, 0.15) is 35.3 Å². The van der Waals surface area contributed by atoms with Gasteiger partial charge in [0.15, 0.2) is 0 Å². The molecule has 11 nitrogen and oxygen atoms in total. The average molecular weight is 704 g/mol. The summed E-state index contributed by atoms with van der Waals surface area (Å²) in [6, 6.07) is 23.2. The van der Waals surface area contributed by atoms with Crippen molar-refractivity contribution in [2.24, 2.45) is 5.92 Å². The Balaban J connectivity index is 1.33. The van der Waals surface area contributed by atoms with Crippen LogP contribution in [0.5, 0.6) is 5.75 Å². The number of aliphatic hydroxyl groups is 1. The molecule has 1 aliphatic heterocycles. The summed E-state index contributed by atoms with van der Waals surface area (Å²) in [5.41, 5.74) is 9.15. The van der Waals surface area contributed by atoms with E-state index >= 15 is 0 Å². The molecule has 5 rings (SSSR count). The minimum absolute atomic E-state index is 0.0716. The van der Waals surface area contributed by atoms with Gasteiger partial charge in [-0.2, -0.15) is 0 Å². The van der Waals surface area contributed by atoms with Gasteiger partial charge in [-0.1, -0.05) is 31.2 Å². The number of halogens is 1. The van der Waals surface area contributed by atoms with Gasteiger partial charge in [0.2, 0.25) is 5.91 Å². The van der Waals surface area contributed by atoms with Gasteiger partial charge in [-0.05, 0) is 86.3 Å². The summed E-state index contributed by atoms with van der Waals surface area (Å²) in [5, 5.41) is 12.8. The number of carbonyl (C=O) groups is 2. The number of likely N-dealkylation sites (N-methyl/N-ethyl adjacent to an activating group) is 1. The van der Waals surface area contributed by atoms with Crippen LogP contribution in [0.3, 0.4) is 0 Å². The Morgan fingerprint density at radius 3 is 2.46 bits per heavy atom. The highest BCUT2D eigenvalue weighted by atomic mass is 32.2. The highest BCUT2D eigenvalue weighted by molar-refractivity contribution is 7.92. The fourth-order valence-electron chi connectivity index (χ4n) is 5.79. The molecule has 0 saturated carbocycles. The Kier molecular flexibility index (Phi) is 11.4. The molecule has 4 aromatic carbocycles. The molecule has 0 radical (unpaired) electrons. The first-order valence-electron chi connectivity index (χ1n) is 16.2. The number of nitrogen functional groups attached to an aromatic ring is 1. The SMILES string of the molecule is C[C@@H]1CN([C@@H](C)CO)C(=O)Cc2cc(NS(=O)(=O)c3ccc(F)cc3)ccc2O[C@@H]1CN(C)Cc1ccc(C(=O)Nc2ccccc2N)cc1. The molecule has 4 aromatic rings. The number of nitrogens with two attached hydrogens (primary N) is 1. The summed E-state index contributed by atoms with van der Waals surface area (Å²) in [4.78, 5) is 30.0. The zero-order valence-electron chi connectivity index (χ0n) is 28.2. The predicted molar refractivity (Wildman–Crippen MR) is 191 cm³/mol. The molecule has 1 aliphatic rings. The third kappa shape index (κ3) is 8.97. The number of sulfonamides is 1. The van der Waals surface area contributed by atoms with E-state index in [1.54, 1.807) is 66.4 Å². The smallest absolute Gasteiger partial charge is 0.261 e. The third-order valence-corrected chi connectivity index (χ3v) is 10.1. The number of fused-ring (bicyclic) bond motifs is 1. The van der Waals surface area contributed by atoms with Crippen molar-refractivity contribution in [2.75, 3.05) is 42.5 Å². The normalized spacial score (nSPS) is 17.2.